The highest BCUT2D eigenvalue weighted by Gasteiger charge is 2.49. The number of hydrogen-bond acceptors (Lipinski definition) is 18. The van der Waals surface area contributed by atoms with Crippen molar-refractivity contribution in [3.8, 4) is 23.0 Å². The maximum Gasteiger partial charge on any atom is 0.270 e. The Labute approximate surface area is 295 Å². The van der Waals surface area contributed by atoms with Crippen LogP contribution in [0.2, 0.25) is 0 Å². The first kappa shape index (κ1) is 38.3. The molecule has 0 saturated carbocycles. The van der Waals surface area contributed by atoms with Crippen molar-refractivity contribution in [2.75, 3.05) is 13.2 Å². The number of phenolic OH excluding ortho intramolecular Hbond substituents is 2. The second-order valence-corrected chi connectivity index (χ2v) is 13.0. The zero-order valence-electron chi connectivity index (χ0n) is 27.5. The average molecular weight is 744 g/mol. The van der Waals surface area contributed by atoms with Crippen molar-refractivity contribution in [3.63, 3.8) is 0 Å². The van der Waals surface area contributed by atoms with E-state index >= 15 is 0 Å². The lowest BCUT2D eigenvalue weighted by molar-refractivity contribution is -0.325. The van der Waals surface area contributed by atoms with Crippen LogP contribution in [-0.2, 0) is 23.7 Å². The van der Waals surface area contributed by atoms with Crippen LogP contribution >= 0.6 is 0 Å². The highest BCUT2D eigenvalue weighted by atomic mass is 16.7. The van der Waals surface area contributed by atoms with Gasteiger partial charge in [0, 0.05) is 12.1 Å². The molecule has 52 heavy (non-hydrogen) atoms. The molecular formula is C33H43O19+. The minimum atomic E-state index is -1.83. The van der Waals surface area contributed by atoms with Gasteiger partial charge in [0.15, 0.2) is 12.0 Å². The number of ether oxygens (including phenoxy) is 7. The van der Waals surface area contributed by atoms with Crippen LogP contribution < -0.4 is 4.74 Å². The third-order valence-corrected chi connectivity index (χ3v) is 9.40. The fourth-order valence-electron chi connectivity index (χ4n) is 6.26. The Morgan fingerprint density at radius 2 is 1.23 bits per heavy atom. The van der Waals surface area contributed by atoms with E-state index in [1.165, 1.54) is 43.3 Å². The number of aromatic hydroxyl groups is 3. The molecule has 0 radical (unpaired) electrons. The van der Waals surface area contributed by atoms with Crippen LogP contribution in [0.4, 0.5) is 0 Å². The van der Waals surface area contributed by atoms with E-state index in [9.17, 15) is 61.3 Å². The van der Waals surface area contributed by atoms with Gasteiger partial charge >= 0.3 is 0 Å². The normalized spacial score (nSPS) is 40.6. The van der Waals surface area contributed by atoms with E-state index in [0.29, 0.717) is 5.56 Å². The topological polar surface area (TPSA) is 311 Å². The van der Waals surface area contributed by atoms with Gasteiger partial charge in [-0.3, -0.25) is 0 Å². The third-order valence-electron chi connectivity index (χ3n) is 9.40. The molecule has 0 bridgehead atoms. The van der Waals surface area contributed by atoms with Gasteiger partial charge in [-0.15, -0.1) is 0 Å². The fraction of sp³-hybridized carbons (Fsp3) is 0.576. The Kier molecular flexibility index (Phi) is 11.5. The molecule has 16 atom stereocenters. The molecule has 0 aromatic heterocycles. The first-order chi connectivity index (χ1) is 24.7. The Balaban J connectivity index is 1.24. The van der Waals surface area contributed by atoms with Crippen molar-refractivity contribution >= 4 is 6.08 Å². The van der Waals surface area contributed by atoms with Crippen molar-refractivity contribution in [1.29, 1.82) is 0 Å². The van der Waals surface area contributed by atoms with Gasteiger partial charge in [0.05, 0.1) is 30.9 Å². The summed E-state index contributed by atoms with van der Waals surface area (Å²) in [6.07, 6.45) is -23.0. The molecule has 6 rings (SSSR count). The molecule has 0 aliphatic carbocycles. The van der Waals surface area contributed by atoms with Crippen molar-refractivity contribution in [1.82, 2.24) is 0 Å². The van der Waals surface area contributed by atoms with Gasteiger partial charge in [0.25, 0.3) is 11.9 Å². The van der Waals surface area contributed by atoms with Crippen molar-refractivity contribution < 1.29 is 94.4 Å². The number of rotatable bonds is 9. The number of aliphatic hydroxyl groups is 11. The summed E-state index contributed by atoms with van der Waals surface area (Å²) in [5.74, 6) is -0.454. The molecule has 2 aromatic carbocycles. The van der Waals surface area contributed by atoms with Crippen LogP contribution in [0.1, 0.15) is 24.2 Å². The summed E-state index contributed by atoms with van der Waals surface area (Å²) in [5, 5.41) is 124. The highest BCUT2D eigenvalue weighted by Crippen LogP contribution is 2.46. The first-order valence-corrected chi connectivity index (χ1v) is 16.4. The van der Waals surface area contributed by atoms with E-state index < -0.39 is 117 Å². The molecule has 4 heterocycles. The summed E-state index contributed by atoms with van der Waals surface area (Å²) in [5.41, 5.74) is 0.536. The summed E-state index contributed by atoms with van der Waals surface area (Å²) in [4.78, 5) is 0. The molecule has 0 amide bonds. The van der Waals surface area contributed by atoms with Gasteiger partial charge in [-0.1, -0.05) is 0 Å². The highest BCUT2D eigenvalue weighted by molar-refractivity contribution is 5.69. The monoisotopic (exact) mass is 743 g/mol. The number of fused-ring (bicyclic) bond motifs is 1. The molecule has 0 spiro atoms. The molecule has 19 nitrogen and oxygen atoms in total. The van der Waals surface area contributed by atoms with Crippen molar-refractivity contribution in [3.05, 3.63) is 53.3 Å². The maximum atomic E-state index is 11.0. The van der Waals surface area contributed by atoms with E-state index in [1.54, 1.807) is 0 Å². The molecule has 288 valence electrons. The lowest BCUT2D eigenvalue weighted by atomic mass is 9.98. The summed E-state index contributed by atoms with van der Waals surface area (Å²) in [6, 6.07) is 8.32. The molecule has 3 fully saturated rings. The summed E-state index contributed by atoms with van der Waals surface area (Å²) >= 11 is 0. The second-order valence-electron chi connectivity index (χ2n) is 13.0. The third kappa shape index (κ3) is 7.52. The summed E-state index contributed by atoms with van der Waals surface area (Å²) in [7, 11) is 0. The standard InChI is InChI=1S/C33H42O19/c1-11-21(37)24(40)27(43)31(47-11)46-10-20-23(39)26(42)29(45)33(52-20)50-18-8-15-16(36)6-14(48-32-28(44)25(41)22(38)19(9-34)51-32)7-17(15)49-30(18)12-2-4-13(35)5-3-12/h2-8,11,19-45H,9-10H2,1H3/p+1. The number of benzene rings is 2. The zero-order chi connectivity index (χ0) is 37.6. The maximum absolute atomic E-state index is 11.0. The van der Waals surface area contributed by atoms with E-state index in [4.69, 9.17) is 28.4 Å². The van der Waals surface area contributed by atoms with E-state index in [1.807, 2.05) is 0 Å². The predicted octanol–water partition coefficient (Wildman–Crippen LogP) is -3.72. The van der Waals surface area contributed by atoms with Gasteiger partial charge in [0.1, 0.15) is 90.0 Å². The molecule has 2 aromatic rings. The Morgan fingerprint density at radius 3 is 1.88 bits per heavy atom. The van der Waals surface area contributed by atoms with Gasteiger partial charge in [-0.25, -0.2) is 0 Å². The van der Waals surface area contributed by atoms with E-state index in [-0.39, 0.29) is 28.6 Å². The van der Waals surface area contributed by atoms with Crippen LogP contribution in [0.3, 0.4) is 0 Å². The van der Waals surface area contributed by atoms with Gasteiger partial charge in [-0.05, 0) is 31.2 Å². The molecule has 4 aliphatic rings. The average Bonchev–Trinajstić information content (AvgIpc) is 3.12. The molecule has 16 unspecified atom stereocenters. The number of aliphatic hydroxyl groups excluding tert-OH is 10. The van der Waals surface area contributed by atoms with Crippen LogP contribution in [0, 0.1) is 0 Å². The van der Waals surface area contributed by atoms with E-state index in [2.05, 4.69) is 4.74 Å². The Bertz CT molecular complexity index is 1550. The molecule has 19 heteroatoms. The molecule has 4 aliphatic heterocycles. The smallest absolute Gasteiger partial charge is 0.270 e. The van der Waals surface area contributed by atoms with E-state index in [0.717, 1.165) is 6.07 Å². The minimum absolute atomic E-state index is 0.0274. The summed E-state index contributed by atoms with van der Waals surface area (Å²) in [6.45, 7) is 0.226. The first-order valence-electron chi connectivity index (χ1n) is 16.4. The van der Waals surface area contributed by atoms with Crippen LogP contribution in [-0.4, -0.2) is 171 Å². The lowest BCUT2D eigenvalue weighted by Crippen LogP contribution is -2.61. The van der Waals surface area contributed by atoms with Crippen LogP contribution in [0.5, 0.6) is 23.0 Å². The zero-order valence-corrected chi connectivity index (χ0v) is 27.5. The molecular weight excluding hydrogens is 700 g/mol. The molecule has 13 N–H and O–H groups in total. The minimum Gasteiger partial charge on any atom is -0.571 e. The van der Waals surface area contributed by atoms with Gasteiger partial charge in [-0.2, -0.15) is 0 Å². The lowest BCUT2D eigenvalue weighted by Gasteiger charge is -2.42. The SMILES string of the molecule is CC1OC(OCC2OC(OC3=Cc4c(O)cc(OC5OC(CO)C(O)C(O)C5O)cc4[OH+]C3c3ccc(O)cc3)C(O)C(O)C2O)C(O)C(O)C1O. The van der Waals surface area contributed by atoms with Gasteiger partial charge in [0.2, 0.25) is 12.6 Å². The summed E-state index contributed by atoms with van der Waals surface area (Å²) < 4.78 is 38.6. The number of phenols is 2. The largest absolute Gasteiger partial charge is 0.571 e. The quantitative estimate of drug-likeness (QED) is 0.110. The molecule has 3 saturated heterocycles. The van der Waals surface area contributed by atoms with Crippen LogP contribution in [0.25, 0.3) is 6.08 Å². The Hall–Kier alpha value is -3.38. The van der Waals surface area contributed by atoms with Crippen molar-refractivity contribution in [2.24, 2.45) is 0 Å². The van der Waals surface area contributed by atoms with Gasteiger partial charge < -0.3 is 94.4 Å². The second kappa shape index (κ2) is 15.5. The predicted molar refractivity (Wildman–Crippen MR) is 169 cm³/mol. The van der Waals surface area contributed by atoms with Crippen LogP contribution in [0.15, 0.2) is 42.2 Å². The Morgan fingerprint density at radius 1 is 0.654 bits per heavy atom. The fourth-order valence-corrected chi connectivity index (χ4v) is 6.26. The number of hydrogen-bond donors (Lipinski definition) is 12. The van der Waals surface area contributed by atoms with Crippen molar-refractivity contribution in [2.45, 2.75) is 105 Å².